The second kappa shape index (κ2) is 7.65. The van der Waals surface area contributed by atoms with Crippen molar-refractivity contribution in [1.29, 1.82) is 0 Å². The van der Waals surface area contributed by atoms with Gasteiger partial charge in [-0.05, 0) is 41.8 Å². The molecular weight excluding hydrogens is 324 g/mol. The van der Waals surface area contributed by atoms with Gasteiger partial charge in [0.05, 0.1) is 12.7 Å². The average molecular weight is 344 g/mol. The molecular formula is C18H20N2O5. The van der Waals surface area contributed by atoms with Crippen molar-refractivity contribution in [3.05, 3.63) is 48.4 Å². The molecule has 0 aliphatic carbocycles. The highest BCUT2D eigenvalue weighted by molar-refractivity contribution is 6.02. The molecule has 2 rings (SSSR count). The highest BCUT2D eigenvalue weighted by Gasteiger charge is 2.25. The van der Waals surface area contributed by atoms with Crippen LogP contribution < -0.4 is 10.6 Å². The van der Waals surface area contributed by atoms with Crippen molar-refractivity contribution in [2.24, 2.45) is 5.41 Å². The molecule has 2 amide bonds. The van der Waals surface area contributed by atoms with Gasteiger partial charge in [0, 0.05) is 17.8 Å². The number of anilines is 2. The molecule has 0 spiro atoms. The number of rotatable bonds is 7. The summed E-state index contributed by atoms with van der Waals surface area (Å²) in [6.07, 6.45) is 1.42. The number of furan rings is 1. The maximum Gasteiger partial charge on any atom is 0.303 e. The molecule has 7 heteroatoms. The first-order valence-electron chi connectivity index (χ1n) is 7.72. The van der Waals surface area contributed by atoms with Crippen LogP contribution in [0.5, 0.6) is 0 Å². The maximum absolute atomic E-state index is 12.0. The second-order valence-electron chi connectivity index (χ2n) is 6.47. The summed E-state index contributed by atoms with van der Waals surface area (Å²) in [5.74, 6) is -1.36. The third-order valence-electron chi connectivity index (χ3n) is 3.44. The first-order chi connectivity index (χ1) is 11.7. The lowest BCUT2D eigenvalue weighted by Crippen LogP contribution is -2.24. The zero-order valence-electron chi connectivity index (χ0n) is 14.0. The minimum Gasteiger partial charge on any atom is -0.481 e. The molecule has 25 heavy (non-hydrogen) atoms. The standard InChI is InChI=1S/C18H20N2O5/c1-18(2,11-16(22)23)10-15(21)19-12-5-7-13(8-6-12)20-17(24)14-4-3-9-25-14/h3-9H,10-11H2,1-2H3,(H,19,21)(H,20,24)(H,22,23). The van der Waals surface area contributed by atoms with E-state index in [0.29, 0.717) is 11.4 Å². The quantitative estimate of drug-likeness (QED) is 0.713. The third kappa shape index (κ3) is 5.80. The van der Waals surface area contributed by atoms with Crippen LogP contribution >= 0.6 is 0 Å². The Balaban J connectivity index is 1.90. The van der Waals surface area contributed by atoms with Crippen LogP contribution in [0.4, 0.5) is 11.4 Å². The largest absolute Gasteiger partial charge is 0.481 e. The molecule has 1 aromatic carbocycles. The van der Waals surface area contributed by atoms with E-state index >= 15 is 0 Å². The molecule has 0 fully saturated rings. The molecule has 0 radical (unpaired) electrons. The van der Waals surface area contributed by atoms with Crippen molar-refractivity contribution in [3.8, 4) is 0 Å². The van der Waals surface area contributed by atoms with Gasteiger partial charge in [0.25, 0.3) is 5.91 Å². The first kappa shape index (κ1) is 18.3. The van der Waals surface area contributed by atoms with Gasteiger partial charge in [0.15, 0.2) is 5.76 Å². The van der Waals surface area contributed by atoms with Crippen LogP contribution in [0.15, 0.2) is 47.1 Å². The van der Waals surface area contributed by atoms with Gasteiger partial charge in [0.2, 0.25) is 5.91 Å². The van der Waals surface area contributed by atoms with Crippen molar-refractivity contribution in [1.82, 2.24) is 0 Å². The van der Waals surface area contributed by atoms with E-state index < -0.39 is 11.4 Å². The number of carbonyl (C=O) groups is 3. The van der Waals surface area contributed by atoms with E-state index in [2.05, 4.69) is 10.6 Å². The Morgan fingerprint density at radius 2 is 1.60 bits per heavy atom. The van der Waals surface area contributed by atoms with Crippen molar-refractivity contribution in [2.45, 2.75) is 26.7 Å². The molecule has 1 heterocycles. The van der Waals surface area contributed by atoms with E-state index in [1.807, 2.05) is 0 Å². The number of amides is 2. The maximum atomic E-state index is 12.0. The molecule has 7 nitrogen and oxygen atoms in total. The summed E-state index contributed by atoms with van der Waals surface area (Å²) < 4.78 is 5.01. The summed E-state index contributed by atoms with van der Waals surface area (Å²) in [7, 11) is 0. The van der Waals surface area contributed by atoms with Gasteiger partial charge in [-0.3, -0.25) is 14.4 Å². The molecule has 132 valence electrons. The Kier molecular flexibility index (Phi) is 5.59. The predicted molar refractivity (Wildman–Crippen MR) is 92.4 cm³/mol. The van der Waals surface area contributed by atoms with Gasteiger partial charge >= 0.3 is 5.97 Å². The molecule has 2 aromatic rings. The fourth-order valence-electron chi connectivity index (χ4n) is 2.35. The summed E-state index contributed by atoms with van der Waals surface area (Å²) in [4.78, 5) is 34.7. The van der Waals surface area contributed by atoms with E-state index in [1.54, 1.807) is 50.2 Å². The molecule has 0 bridgehead atoms. The molecule has 0 atom stereocenters. The summed E-state index contributed by atoms with van der Waals surface area (Å²) in [5, 5.41) is 14.2. The summed E-state index contributed by atoms with van der Waals surface area (Å²) in [6, 6.07) is 9.79. The smallest absolute Gasteiger partial charge is 0.303 e. The Morgan fingerprint density at radius 3 is 2.12 bits per heavy atom. The Morgan fingerprint density at radius 1 is 1.00 bits per heavy atom. The van der Waals surface area contributed by atoms with Crippen LogP contribution in [0, 0.1) is 5.41 Å². The van der Waals surface area contributed by atoms with Crippen LogP contribution in [-0.2, 0) is 9.59 Å². The monoisotopic (exact) mass is 344 g/mol. The molecule has 1 aromatic heterocycles. The molecule has 0 aliphatic rings. The lowest BCUT2D eigenvalue weighted by molar-refractivity contribution is -0.139. The number of carbonyl (C=O) groups excluding carboxylic acids is 2. The Hall–Kier alpha value is -3.09. The van der Waals surface area contributed by atoms with Gasteiger partial charge in [0.1, 0.15) is 0 Å². The highest BCUT2D eigenvalue weighted by atomic mass is 16.4. The number of nitrogens with one attached hydrogen (secondary N) is 2. The fraction of sp³-hybridized carbons (Fsp3) is 0.278. The number of carboxylic acid groups (broad SMARTS) is 1. The number of hydrogen-bond acceptors (Lipinski definition) is 4. The topological polar surface area (TPSA) is 109 Å². The minimum absolute atomic E-state index is 0.0852. The van der Waals surface area contributed by atoms with Crippen molar-refractivity contribution in [3.63, 3.8) is 0 Å². The van der Waals surface area contributed by atoms with Crippen molar-refractivity contribution >= 4 is 29.2 Å². The SMILES string of the molecule is CC(C)(CC(=O)O)CC(=O)Nc1ccc(NC(=O)c2ccco2)cc1. The summed E-state index contributed by atoms with van der Waals surface area (Å²) >= 11 is 0. The van der Waals surface area contributed by atoms with E-state index in [-0.39, 0.29) is 30.4 Å². The zero-order chi connectivity index (χ0) is 18.4. The second-order valence-corrected chi connectivity index (χ2v) is 6.47. The van der Waals surface area contributed by atoms with Crippen LogP contribution in [0.3, 0.4) is 0 Å². The summed E-state index contributed by atoms with van der Waals surface area (Å²) in [6.45, 7) is 3.46. The van der Waals surface area contributed by atoms with E-state index in [4.69, 9.17) is 9.52 Å². The van der Waals surface area contributed by atoms with Crippen LogP contribution in [-0.4, -0.2) is 22.9 Å². The Labute approximate surface area is 145 Å². The summed E-state index contributed by atoms with van der Waals surface area (Å²) in [5.41, 5.74) is 0.491. The lowest BCUT2D eigenvalue weighted by Gasteiger charge is -2.21. The fourth-order valence-corrected chi connectivity index (χ4v) is 2.35. The molecule has 0 aliphatic heterocycles. The highest BCUT2D eigenvalue weighted by Crippen LogP contribution is 2.25. The van der Waals surface area contributed by atoms with Gasteiger partial charge in [-0.2, -0.15) is 0 Å². The molecule has 0 saturated carbocycles. The number of hydrogen-bond donors (Lipinski definition) is 3. The number of carboxylic acids is 1. The van der Waals surface area contributed by atoms with E-state index in [0.717, 1.165) is 0 Å². The number of benzene rings is 1. The van der Waals surface area contributed by atoms with Gasteiger partial charge in [-0.25, -0.2) is 0 Å². The third-order valence-corrected chi connectivity index (χ3v) is 3.44. The van der Waals surface area contributed by atoms with Crippen LogP contribution in [0.2, 0.25) is 0 Å². The van der Waals surface area contributed by atoms with Gasteiger partial charge in [-0.15, -0.1) is 0 Å². The van der Waals surface area contributed by atoms with Crippen LogP contribution in [0.1, 0.15) is 37.2 Å². The normalized spacial score (nSPS) is 11.0. The first-order valence-corrected chi connectivity index (χ1v) is 7.72. The molecule has 0 unspecified atom stereocenters. The predicted octanol–water partition coefficient (Wildman–Crippen LogP) is 3.36. The number of aliphatic carboxylic acids is 1. The van der Waals surface area contributed by atoms with Crippen molar-refractivity contribution in [2.75, 3.05) is 10.6 Å². The van der Waals surface area contributed by atoms with Gasteiger partial charge < -0.3 is 20.2 Å². The van der Waals surface area contributed by atoms with E-state index in [9.17, 15) is 14.4 Å². The van der Waals surface area contributed by atoms with Crippen LogP contribution in [0.25, 0.3) is 0 Å². The average Bonchev–Trinajstić information content (AvgIpc) is 3.01. The van der Waals surface area contributed by atoms with E-state index in [1.165, 1.54) is 6.26 Å². The lowest BCUT2D eigenvalue weighted by atomic mass is 9.85. The zero-order valence-corrected chi connectivity index (χ0v) is 14.0. The Bertz CT molecular complexity index is 748. The van der Waals surface area contributed by atoms with Crippen molar-refractivity contribution < 1.29 is 23.9 Å². The minimum atomic E-state index is -0.936. The molecule has 0 saturated heterocycles. The molecule has 3 N–H and O–H groups in total. The van der Waals surface area contributed by atoms with Gasteiger partial charge in [-0.1, -0.05) is 13.8 Å².